The van der Waals surface area contributed by atoms with Gasteiger partial charge in [0, 0.05) is 17.9 Å². The lowest BCUT2D eigenvalue weighted by Gasteiger charge is -2.24. The van der Waals surface area contributed by atoms with Gasteiger partial charge in [-0.1, -0.05) is 49.1 Å². The third-order valence-electron chi connectivity index (χ3n) is 3.76. The Morgan fingerprint density at radius 2 is 2.00 bits per heavy atom. The molecule has 1 aliphatic carbocycles. The van der Waals surface area contributed by atoms with Crippen LogP contribution in [0, 0.1) is 0 Å². The van der Waals surface area contributed by atoms with Gasteiger partial charge in [-0.2, -0.15) is 0 Å². The highest BCUT2D eigenvalue weighted by atomic mass is 15.1. The fourth-order valence-electron chi connectivity index (χ4n) is 2.70. The first-order valence-electron chi connectivity index (χ1n) is 8.00. The average molecular weight is 291 g/mol. The van der Waals surface area contributed by atoms with Crippen LogP contribution < -0.4 is 4.90 Å². The summed E-state index contributed by atoms with van der Waals surface area (Å²) in [5.41, 5.74) is 4.98. The molecule has 0 unspecified atom stereocenters. The Hall–Kier alpha value is -2.28. The third kappa shape index (κ3) is 3.88. The maximum absolute atomic E-state index is 3.82. The minimum atomic E-state index is 0.923. The summed E-state index contributed by atoms with van der Waals surface area (Å²) in [6.07, 6.45) is 17.1. The van der Waals surface area contributed by atoms with Crippen molar-refractivity contribution in [3.05, 3.63) is 84.6 Å². The van der Waals surface area contributed by atoms with Crippen LogP contribution in [0.3, 0.4) is 0 Å². The van der Waals surface area contributed by atoms with Crippen molar-refractivity contribution in [2.75, 3.05) is 11.4 Å². The first-order chi connectivity index (χ1) is 10.8. The second-order valence-corrected chi connectivity index (χ2v) is 5.26. The van der Waals surface area contributed by atoms with E-state index < -0.39 is 0 Å². The zero-order valence-electron chi connectivity index (χ0n) is 13.6. The fraction of sp³-hybridized carbons (Fsp3) is 0.238. The number of allylic oxidation sites excluding steroid dienone is 8. The summed E-state index contributed by atoms with van der Waals surface area (Å²) in [4.78, 5) is 2.29. The lowest BCUT2D eigenvalue weighted by atomic mass is 9.99. The lowest BCUT2D eigenvalue weighted by molar-refractivity contribution is 0.977. The summed E-state index contributed by atoms with van der Waals surface area (Å²) in [6.45, 7) is 8.94. The van der Waals surface area contributed by atoms with Crippen LogP contribution in [0.5, 0.6) is 0 Å². The molecule has 0 spiro atoms. The molecule has 0 atom stereocenters. The third-order valence-corrected chi connectivity index (χ3v) is 3.76. The van der Waals surface area contributed by atoms with Crippen molar-refractivity contribution in [1.82, 2.24) is 0 Å². The average Bonchev–Trinajstić information content (AvgIpc) is 2.57. The second kappa shape index (κ2) is 8.23. The van der Waals surface area contributed by atoms with Gasteiger partial charge in [-0.3, -0.25) is 0 Å². The van der Waals surface area contributed by atoms with Crippen LogP contribution in [-0.4, -0.2) is 6.54 Å². The van der Waals surface area contributed by atoms with E-state index in [4.69, 9.17) is 0 Å². The lowest BCUT2D eigenvalue weighted by Crippen LogP contribution is -2.20. The monoisotopic (exact) mass is 291 g/mol. The van der Waals surface area contributed by atoms with Crippen molar-refractivity contribution in [2.45, 2.75) is 26.7 Å². The number of hydrogen-bond acceptors (Lipinski definition) is 1. The molecule has 1 heteroatoms. The Labute approximate surface area is 134 Å². The number of anilines is 1. The quantitative estimate of drug-likeness (QED) is 0.590. The summed E-state index contributed by atoms with van der Waals surface area (Å²) in [6, 6.07) is 8.81. The van der Waals surface area contributed by atoms with Gasteiger partial charge in [0.15, 0.2) is 0 Å². The predicted molar refractivity (Wildman–Crippen MR) is 98.9 cm³/mol. The highest BCUT2D eigenvalue weighted by Crippen LogP contribution is 2.26. The SMILES string of the molecule is C=C/C=C(\C=C/C)N(CC)c1ccc(C2=CCCC=C2)cc1. The van der Waals surface area contributed by atoms with Crippen molar-refractivity contribution >= 4 is 11.3 Å². The number of hydrogen-bond donors (Lipinski definition) is 0. The van der Waals surface area contributed by atoms with Gasteiger partial charge in [0.1, 0.15) is 0 Å². The van der Waals surface area contributed by atoms with Gasteiger partial charge in [0.2, 0.25) is 0 Å². The molecule has 1 aromatic carbocycles. The van der Waals surface area contributed by atoms with E-state index in [1.165, 1.54) is 16.8 Å². The number of rotatable bonds is 6. The highest BCUT2D eigenvalue weighted by Gasteiger charge is 2.08. The van der Waals surface area contributed by atoms with Gasteiger partial charge in [-0.15, -0.1) is 0 Å². The van der Waals surface area contributed by atoms with E-state index in [-0.39, 0.29) is 0 Å². The molecular weight excluding hydrogens is 266 g/mol. The summed E-state index contributed by atoms with van der Waals surface area (Å²) in [7, 11) is 0. The van der Waals surface area contributed by atoms with Crippen LogP contribution in [0.4, 0.5) is 5.69 Å². The summed E-state index contributed by atoms with van der Waals surface area (Å²) >= 11 is 0. The molecule has 0 aromatic heterocycles. The van der Waals surface area contributed by atoms with E-state index in [9.17, 15) is 0 Å². The van der Waals surface area contributed by atoms with Crippen molar-refractivity contribution in [3.63, 3.8) is 0 Å². The normalized spacial score (nSPS) is 15.0. The summed E-state index contributed by atoms with van der Waals surface area (Å²) in [5, 5.41) is 0. The molecule has 0 fully saturated rings. The van der Waals surface area contributed by atoms with Gasteiger partial charge in [-0.05, 0) is 62.1 Å². The van der Waals surface area contributed by atoms with Crippen LogP contribution in [0.2, 0.25) is 0 Å². The van der Waals surface area contributed by atoms with Crippen LogP contribution in [0.15, 0.2) is 79.1 Å². The fourth-order valence-corrected chi connectivity index (χ4v) is 2.70. The Balaban J connectivity index is 2.27. The van der Waals surface area contributed by atoms with Crippen molar-refractivity contribution in [2.24, 2.45) is 0 Å². The Morgan fingerprint density at radius 1 is 1.23 bits per heavy atom. The van der Waals surface area contributed by atoms with Gasteiger partial charge in [0.25, 0.3) is 0 Å². The van der Waals surface area contributed by atoms with E-state index in [1.54, 1.807) is 0 Å². The maximum Gasteiger partial charge on any atom is 0.0411 e. The predicted octanol–water partition coefficient (Wildman–Crippen LogP) is 5.89. The first-order valence-corrected chi connectivity index (χ1v) is 8.00. The maximum atomic E-state index is 3.82. The molecule has 1 aromatic rings. The van der Waals surface area contributed by atoms with Gasteiger partial charge < -0.3 is 4.90 Å². The summed E-state index contributed by atoms with van der Waals surface area (Å²) in [5.74, 6) is 0. The molecule has 0 amide bonds. The minimum Gasteiger partial charge on any atom is -0.342 e. The molecule has 0 saturated carbocycles. The van der Waals surface area contributed by atoms with Crippen molar-refractivity contribution in [1.29, 1.82) is 0 Å². The van der Waals surface area contributed by atoms with Crippen LogP contribution in [0.25, 0.3) is 5.57 Å². The van der Waals surface area contributed by atoms with Crippen LogP contribution >= 0.6 is 0 Å². The minimum absolute atomic E-state index is 0.923. The van der Waals surface area contributed by atoms with E-state index in [2.05, 4.69) is 73.0 Å². The molecular formula is C21H25N. The topological polar surface area (TPSA) is 3.24 Å². The van der Waals surface area contributed by atoms with Gasteiger partial charge in [0.05, 0.1) is 0 Å². The van der Waals surface area contributed by atoms with E-state index in [0.717, 1.165) is 25.1 Å². The highest BCUT2D eigenvalue weighted by molar-refractivity contribution is 5.76. The van der Waals surface area contributed by atoms with Crippen molar-refractivity contribution < 1.29 is 0 Å². The van der Waals surface area contributed by atoms with Gasteiger partial charge >= 0.3 is 0 Å². The first kappa shape index (κ1) is 16.1. The Bertz CT molecular complexity index is 612. The van der Waals surface area contributed by atoms with E-state index in [0.29, 0.717) is 0 Å². The molecule has 1 aliphatic rings. The molecule has 0 bridgehead atoms. The number of nitrogens with zero attached hydrogens (tertiary/aromatic N) is 1. The molecule has 0 aliphatic heterocycles. The van der Waals surface area contributed by atoms with Crippen LogP contribution in [-0.2, 0) is 0 Å². The standard InChI is InChI=1S/C21H25N/c1-4-10-20(11-5-2)22(6-3)21-16-14-19(15-17-21)18-12-8-7-9-13-18/h4-5,8,10-17H,1,6-7,9H2,2-3H3/b11-5-,20-10+. The molecule has 1 nitrogen and oxygen atoms in total. The second-order valence-electron chi connectivity index (χ2n) is 5.26. The smallest absolute Gasteiger partial charge is 0.0411 e. The van der Waals surface area contributed by atoms with Crippen molar-refractivity contribution in [3.8, 4) is 0 Å². The van der Waals surface area contributed by atoms with E-state index in [1.807, 2.05) is 19.1 Å². The molecule has 0 radical (unpaired) electrons. The molecule has 22 heavy (non-hydrogen) atoms. The molecule has 2 rings (SSSR count). The molecule has 0 N–H and O–H groups in total. The largest absolute Gasteiger partial charge is 0.342 e. The molecule has 0 saturated heterocycles. The Kier molecular flexibility index (Phi) is 6.02. The molecule has 114 valence electrons. The zero-order valence-corrected chi connectivity index (χ0v) is 13.6. The molecule has 0 heterocycles. The zero-order chi connectivity index (χ0) is 15.8. The number of benzene rings is 1. The van der Waals surface area contributed by atoms with Crippen LogP contribution in [0.1, 0.15) is 32.3 Å². The van der Waals surface area contributed by atoms with E-state index >= 15 is 0 Å². The Morgan fingerprint density at radius 3 is 2.55 bits per heavy atom. The number of likely N-dealkylation sites (N-methyl/N-ethyl adjacent to an activating group) is 1. The summed E-state index contributed by atoms with van der Waals surface area (Å²) < 4.78 is 0. The van der Waals surface area contributed by atoms with Gasteiger partial charge in [-0.25, -0.2) is 0 Å².